The standard InChI is InChI=1S/C17H25N3O3/c1-3-4-17(23)20-14-8-5-13(6-9-14)7-10-16(22)19-12-11-15(21)18-2/h5-6,8-9H,3-4,7,10-12H2,1-2H3,(H,18,21)(H,19,22)(H,20,23). The van der Waals surface area contributed by atoms with Crippen LogP contribution >= 0.6 is 0 Å². The third kappa shape index (κ3) is 7.99. The molecule has 0 saturated heterocycles. The van der Waals surface area contributed by atoms with Gasteiger partial charge in [0.15, 0.2) is 0 Å². The third-order valence-electron chi connectivity index (χ3n) is 3.31. The Balaban J connectivity index is 2.31. The molecule has 0 spiro atoms. The minimum absolute atomic E-state index is 0.00995. The number of hydrogen-bond donors (Lipinski definition) is 3. The molecule has 126 valence electrons. The maximum atomic E-state index is 11.7. The average Bonchev–Trinajstić information content (AvgIpc) is 2.54. The van der Waals surface area contributed by atoms with E-state index in [1.54, 1.807) is 7.05 Å². The summed E-state index contributed by atoms with van der Waals surface area (Å²) < 4.78 is 0. The summed E-state index contributed by atoms with van der Waals surface area (Å²) in [6.07, 6.45) is 2.61. The SMILES string of the molecule is CCCC(=O)Nc1ccc(CCC(=O)NCCC(=O)NC)cc1. The highest BCUT2D eigenvalue weighted by Gasteiger charge is 2.05. The lowest BCUT2D eigenvalue weighted by Crippen LogP contribution is -2.29. The number of aryl methyl sites for hydroxylation is 1. The summed E-state index contributed by atoms with van der Waals surface area (Å²) in [7, 11) is 1.57. The van der Waals surface area contributed by atoms with E-state index in [2.05, 4.69) is 16.0 Å². The van der Waals surface area contributed by atoms with Gasteiger partial charge in [0.2, 0.25) is 17.7 Å². The van der Waals surface area contributed by atoms with Crippen molar-refractivity contribution in [1.29, 1.82) is 0 Å². The van der Waals surface area contributed by atoms with E-state index in [0.29, 0.717) is 25.8 Å². The fraction of sp³-hybridized carbons (Fsp3) is 0.471. The number of benzene rings is 1. The number of rotatable bonds is 9. The van der Waals surface area contributed by atoms with E-state index in [0.717, 1.165) is 17.7 Å². The Labute approximate surface area is 137 Å². The van der Waals surface area contributed by atoms with Crippen molar-refractivity contribution in [3.05, 3.63) is 29.8 Å². The van der Waals surface area contributed by atoms with E-state index in [-0.39, 0.29) is 24.1 Å². The highest BCUT2D eigenvalue weighted by molar-refractivity contribution is 5.90. The molecule has 23 heavy (non-hydrogen) atoms. The predicted molar refractivity (Wildman–Crippen MR) is 90.0 cm³/mol. The first-order chi connectivity index (χ1) is 11.0. The molecule has 0 saturated carbocycles. The molecular formula is C17H25N3O3. The van der Waals surface area contributed by atoms with Crippen molar-refractivity contribution in [3.63, 3.8) is 0 Å². The molecule has 1 rings (SSSR count). The number of carbonyl (C=O) groups is 3. The Kier molecular flexibility index (Phi) is 8.42. The fourth-order valence-electron chi connectivity index (χ4n) is 1.99. The first-order valence-electron chi connectivity index (χ1n) is 7.91. The van der Waals surface area contributed by atoms with Gasteiger partial charge in [0.05, 0.1) is 0 Å². The van der Waals surface area contributed by atoms with Crippen molar-refractivity contribution >= 4 is 23.4 Å². The molecule has 1 aromatic carbocycles. The molecule has 0 aliphatic heterocycles. The van der Waals surface area contributed by atoms with Gasteiger partial charge in [-0.2, -0.15) is 0 Å². The highest BCUT2D eigenvalue weighted by Crippen LogP contribution is 2.11. The van der Waals surface area contributed by atoms with Crippen LogP contribution in [0.4, 0.5) is 5.69 Å². The molecule has 0 fully saturated rings. The highest BCUT2D eigenvalue weighted by atomic mass is 16.2. The molecule has 0 aromatic heterocycles. The predicted octanol–water partition coefficient (Wildman–Crippen LogP) is 1.61. The fourth-order valence-corrected chi connectivity index (χ4v) is 1.99. The first-order valence-corrected chi connectivity index (χ1v) is 7.91. The molecule has 0 radical (unpaired) electrons. The number of carbonyl (C=O) groups excluding carboxylic acids is 3. The number of amides is 3. The molecule has 0 unspecified atom stereocenters. The van der Waals surface area contributed by atoms with Crippen molar-refractivity contribution < 1.29 is 14.4 Å². The Morgan fingerprint density at radius 3 is 2.22 bits per heavy atom. The van der Waals surface area contributed by atoms with Crippen molar-refractivity contribution in [2.45, 2.75) is 39.0 Å². The van der Waals surface area contributed by atoms with E-state index in [4.69, 9.17) is 0 Å². The Morgan fingerprint density at radius 1 is 0.913 bits per heavy atom. The summed E-state index contributed by atoms with van der Waals surface area (Å²) in [5.41, 5.74) is 1.79. The van der Waals surface area contributed by atoms with Gasteiger partial charge in [0, 0.05) is 38.5 Å². The zero-order chi connectivity index (χ0) is 17.1. The van der Waals surface area contributed by atoms with Gasteiger partial charge in [-0.05, 0) is 30.5 Å². The normalized spacial score (nSPS) is 10.0. The van der Waals surface area contributed by atoms with Gasteiger partial charge >= 0.3 is 0 Å². The minimum atomic E-state index is -0.0917. The van der Waals surface area contributed by atoms with Crippen LogP contribution in [0.5, 0.6) is 0 Å². The van der Waals surface area contributed by atoms with Crippen molar-refractivity contribution in [2.24, 2.45) is 0 Å². The molecule has 0 heterocycles. The molecule has 3 amide bonds. The molecule has 3 N–H and O–H groups in total. The van der Waals surface area contributed by atoms with E-state index >= 15 is 0 Å². The second-order valence-electron chi connectivity index (χ2n) is 5.27. The number of hydrogen-bond acceptors (Lipinski definition) is 3. The molecule has 0 atom stereocenters. The Morgan fingerprint density at radius 2 is 1.61 bits per heavy atom. The molecule has 0 aliphatic carbocycles. The summed E-state index contributed by atoms with van der Waals surface area (Å²) in [6, 6.07) is 7.48. The zero-order valence-corrected chi connectivity index (χ0v) is 13.8. The van der Waals surface area contributed by atoms with Crippen LogP contribution in [0.2, 0.25) is 0 Å². The van der Waals surface area contributed by atoms with Crippen molar-refractivity contribution in [2.75, 3.05) is 18.9 Å². The van der Waals surface area contributed by atoms with Gasteiger partial charge in [-0.15, -0.1) is 0 Å². The van der Waals surface area contributed by atoms with Crippen molar-refractivity contribution in [1.82, 2.24) is 10.6 Å². The Bertz CT molecular complexity index is 526. The van der Waals surface area contributed by atoms with E-state index < -0.39 is 0 Å². The summed E-state index contributed by atoms with van der Waals surface area (Å²) >= 11 is 0. The second kappa shape index (κ2) is 10.4. The average molecular weight is 319 g/mol. The van der Waals surface area contributed by atoms with E-state index in [9.17, 15) is 14.4 Å². The topological polar surface area (TPSA) is 87.3 Å². The van der Waals surface area contributed by atoms with Crippen molar-refractivity contribution in [3.8, 4) is 0 Å². The maximum absolute atomic E-state index is 11.7. The van der Waals surface area contributed by atoms with Gasteiger partial charge in [0.25, 0.3) is 0 Å². The third-order valence-corrected chi connectivity index (χ3v) is 3.31. The largest absolute Gasteiger partial charge is 0.359 e. The van der Waals surface area contributed by atoms with Gasteiger partial charge in [0.1, 0.15) is 0 Å². The quantitative estimate of drug-likeness (QED) is 0.646. The maximum Gasteiger partial charge on any atom is 0.224 e. The van der Waals surface area contributed by atoms with Gasteiger partial charge in [-0.3, -0.25) is 14.4 Å². The van der Waals surface area contributed by atoms with Gasteiger partial charge in [-0.1, -0.05) is 19.1 Å². The first kappa shape index (κ1) is 18.7. The molecule has 6 heteroatoms. The van der Waals surface area contributed by atoms with E-state index in [1.807, 2.05) is 31.2 Å². The Hall–Kier alpha value is -2.37. The smallest absolute Gasteiger partial charge is 0.224 e. The zero-order valence-electron chi connectivity index (χ0n) is 13.8. The van der Waals surface area contributed by atoms with Crippen LogP contribution in [0.15, 0.2) is 24.3 Å². The van der Waals surface area contributed by atoms with Crippen LogP contribution in [0.25, 0.3) is 0 Å². The summed E-state index contributed by atoms with van der Waals surface area (Å²) in [5.74, 6) is -0.156. The van der Waals surface area contributed by atoms with Crippen LogP contribution in [0.1, 0.15) is 38.2 Å². The van der Waals surface area contributed by atoms with Crippen LogP contribution in [0, 0.1) is 0 Å². The lowest BCUT2D eigenvalue weighted by atomic mass is 10.1. The minimum Gasteiger partial charge on any atom is -0.359 e. The van der Waals surface area contributed by atoms with Gasteiger partial charge in [-0.25, -0.2) is 0 Å². The molecule has 6 nitrogen and oxygen atoms in total. The molecule has 0 bridgehead atoms. The second-order valence-corrected chi connectivity index (χ2v) is 5.27. The lowest BCUT2D eigenvalue weighted by Gasteiger charge is -2.07. The van der Waals surface area contributed by atoms with Crippen LogP contribution in [-0.4, -0.2) is 31.3 Å². The number of anilines is 1. The van der Waals surface area contributed by atoms with Gasteiger partial charge < -0.3 is 16.0 Å². The monoisotopic (exact) mass is 319 g/mol. The summed E-state index contributed by atoms with van der Waals surface area (Å²) in [6.45, 7) is 2.31. The molecule has 0 aliphatic rings. The van der Waals surface area contributed by atoms with Crippen LogP contribution < -0.4 is 16.0 Å². The molecular weight excluding hydrogens is 294 g/mol. The van der Waals surface area contributed by atoms with Crippen LogP contribution in [-0.2, 0) is 20.8 Å². The number of nitrogens with one attached hydrogen (secondary N) is 3. The molecule has 1 aromatic rings. The summed E-state index contributed by atoms with van der Waals surface area (Å²) in [4.78, 5) is 34.2. The van der Waals surface area contributed by atoms with Crippen LogP contribution in [0.3, 0.4) is 0 Å². The summed E-state index contributed by atoms with van der Waals surface area (Å²) in [5, 5.41) is 8.04. The van der Waals surface area contributed by atoms with E-state index in [1.165, 1.54) is 0 Å². The lowest BCUT2D eigenvalue weighted by molar-refractivity contribution is -0.122.